The van der Waals surface area contributed by atoms with Crippen molar-refractivity contribution in [2.45, 2.75) is 63.8 Å². The molecule has 3 aliphatic heterocycles. The smallest absolute Gasteiger partial charge is 0.194 e. The number of nitrogens with one attached hydrogen (secondary N) is 1. The van der Waals surface area contributed by atoms with Gasteiger partial charge in [-0.2, -0.15) is 0 Å². The van der Waals surface area contributed by atoms with E-state index in [0.717, 1.165) is 70.2 Å². The molecule has 3 heterocycles. The fraction of sp³-hybridized carbons (Fsp3) is 0.696. The Bertz CT molecular complexity index is 642. The largest absolute Gasteiger partial charge is 0.488 e. The molecule has 0 saturated carbocycles. The summed E-state index contributed by atoms with van der Waals surface area (Å²) in [6, 6.07) is 8.30. The van der Waals surface area contributed by atoms with Gasteiger partial charge < -0.3 is 24.4 Å². The van der Waals surface area contributed by atoms with Crippen molar-refractivity contribution in [1.29, 1.82) is 0 Å². The maximum atomic E-state index is 6.16. The Kier molecular flexibility index (Phi) is 7.28. The van der Waals surface area contributed by atoms with Crippen LogP contribution in [0.1, 0.15) is 44.6 Å². The average Bonchev–Trinajstić information content (AvgIpc) is 3.19. The first-order valence-electron chi connectivity index (χ1n) is 11.3. The molecule has 0 aromatic heterocycles. The molecule has 1 aromatic carbocycles. The van der Waals surface area contributed by atoms with E-state index in [2.05, 4.69) is 29.3 Å². The van der Waals surface area contributed by atoms with Crippen molar-refractivity contribution in [1.82, 2.24) is 10.2 Å². The van der Waals surface area contributed by atoms with E-state index >= 15 is 0 Å². The second-order valence-electron chi connectivity index (χ2n) is 8.25. The molecular formula is C23H35N3O3. The molecule has 2 saturated heterocycles. The molecule has 2 unspecified atom stereocenters. The van der Waals surface area contributed by atoms with Crippen LogP contribution < -0.4 is 10.1 Å². The summed E-state index contributed by atoms with van der Waals surface area (Å²) < 4.78 is 18.0. The van der Waals surface area contributed by atoms with Crippen molar-refractivity contribution < 1.29 is 14.2 Å². The number of hydrogen-bond acceptors (Lipinski definition) is 4. The maximum Gasteiger partial charge on any atom is 0.194 e. The minimum Gasteiger partial charge on any atom is -0.488 e. The minimum atomic E-state index is 0.137. The Morgan fingerprint density at radius 2 is 2.03 bits per heavy atom. The molecule has 0 bridgehead atoms. The fourth-order valence-electron chi connectivity index (χ4n) is 4.39. The summed E-state index contributed by atoms with van der Waals surface area (Å²) in [5.41, 5.74) is 1.29. The molecule has 4 rings (SSSR count). The van der Waals surface area contributed by atoms with Crippen molar-refractivity contribution in [3.8, 4) is 5.75 Å². The first kappa shape index (κ1) is 20.5. The van der Waals surface area contributed by atoms with Gasteiger partial charge in [-0.15, -0.1) is 0 Å². The van der Waals surface area contributed by atoms with Gasteiger partial charge >= 0.3 is 0 Å². The first-order chi connectivity index (χ1) is 14.3. The van der Waals surface area contributed by atoms with E-state index in [1.807, 2.05) is 12.1 Å². The van der Waals surface area contributed by atoms with Crippen molar-refractivity contribution >= 4 is 5.96 Å². The molecule has 0 amide bonds. The fourth-order valence-corrected chi connectivity index (χ4v) is 4.39. The molecule has 6 nitrogen and oxygen atoms in total. The van der Waals surface area contributed by atoms with Gasteiger partial charge in [0, 0.05) is 32.7 Å². The van der Waals surface area contributed by atoms with Crippen LogP contribution in [0.15, 0.2) is 29.3 Å². The van der Waals surface area contributed by atoms with Gasteiger partial charge in [0.25, 0.3) is 0 Å². The van der Waals surface area contributed by atoms with Gasteiger partial charge in [0.1, 0.15) is 11.9 Å². The standard InChI is InChI=1S/C23H35N3O3/c1-2-24-23(25-16-21-15-18-7-3-4-9-22(18)29-21)26-12-10-19(11-13-26)28-17-20-8-5-6-14-27-20/h3-4,7,9,19-21H,2,5-6,8,10-17H2,1H3,(H,24,25). The lowest BCUT2D eigenvalue weighted by Crippen LogP contribution is -2.47. The Morgan fingerprint density at radius 1 is 1.17 bits per heavy atom. The van der Waals surface area contributed by atoms with Crippen LogP contribution in [0.4, 0.5) is 0 Å². The Hall–Kier alpha value is -1.79. The molecule has 0 aliphatic carbocycles. The quantitative estimate of drug-likeness (QED) is 0.587. The summed E-state index contributed by atoms with van der Waals surface area (Å²) in [7, 11) is 0. The molecular weight excluding hydrogens is 366 g/mol. The molecule has 1 N–H and O–H groups in total. The number of piperidine rings is 1. The number of guanidine groups is 1. The van der Waals surface area contributed by atoms with Crippen LogP contribution in [-0.2, 0) is 15.9 Å². The highest BCUT2D eigenvalue weighted by Gasteiger charge is 2.25. The topological polar surface area (TPSA) is 55.3 Å². The Labute approximate surface area is 174 Å². The van der Waals surface area contributed by atoms with E-state index in [0.29, 0.717) is 18.8 Å². The van der Waals surface area contributed by atoms with E-state index in [-0.39, 0.29) is 6.10 Å². The Morgan fingerprint density at radius 3 is 2.79 bits per heavy atom. The zero-order chi connectivity index (χ0) is 19.9. The first-order valence-corrected chi connectivity index (χ1v) is 11.3. The van der Waals surface area contributed by atoms with Gasteiger partial charge in [0.15, 0.2) is 5.96 Å². The third-order valence-corrected chi connectivity index (χ3v) is 6.03. The molecule has 2 fully saturated rings. The molecule has 0 radical (unpaired) electrons. The lowest BCUT2D eigenvalue weighted by molar-refractivity contribution is -0.0721. The van der Waals surface area contributed by atoms with E-state index in [9.17, 15) is 0 Å². The number of ether oxygens (including phenoxy) is 3. The summed E-state index contributed by atoms with van der Waals surface area (Å²) in [6.07, 6.45) is 7.41. The van der Waals surface area contributed by atoms with Crippen molar-refractivity contribution in [2.75, 3.05) is 39.4 Å². The van der Waals surface area contributed by atoms with Crippen molar-refractivity contribution in [3.63, 3.8) is 0 Å². The zero-order valence-corrected chi connectivity index (χ0v) is 17.6. The molecule has 29 heavy (non-hydrogen) atoms. The maximum absolute atomic E-state index is 6.16. The van der Waals surface area contributed by atoms with Gasteiger partial charge in [-0.1, -0.05) is 18.2 Å². The molecule has 160 valence electrons. The third kappa shape index (κ3) is 5.64. The van der Waals surface area contributed by atoms with Gasteiger partial charge in [-0.05, 0) is 50.7 Å². The second kappa shape index (κ2) is 10.3. The summed E-state index contributed by atoms with van der Waals surface area (Å²) in [4.78, 5) is 7.26. The normalized spacial score (nSPS) is 25.6. The lowest BCUT2D eigenvalue weighted by atomic mass is 10.1. The Balaban J connectivity index is 1.23. The number of nitrogens with zero attached hydrogens (tertiary/aromatic N) is 2. The average molecular weight is 402 g/mol. The highest BCUT2D eigenvalue weighted by molar-refractivity contribution is 5.80. The number of aliphatic imine (C=N–C) groups is 1. The lowest BCUT2D eigenvalue weighted by Gasteiger charge is -2.35. The van der Waals surface area contributed by atoms with E-state index < -0.39 is 0 Å². The monoisotopic (exact) mass is 401 g/mol. The van der Waals surface area contributed by atoms with Crippen LogP contribution in [0.25, 0.3) is 0 Å². The number of rotatable bonds is 6. The van der Waals surface area contributed by atoms with Crippen LogP contribution in [0.3, 0.4) is 0 Å². The van der Waals surface area contributed by atoms with Crippen molar-refractivity contribution in [2.24, 2.45) is 4.99 Å². The highest BCUT2D eigenvalue weighted by atomic mass is 16.5. The number of hydrogen-bond donors (Lipinski definition) is 1. The van der Waals surface area contributed by atoms with E-state index in [1.165, 1.54) is 18.4 Å². The predicted molar refractivity (Wildman–Crippen MR) is 115 cm³/mol. The number of fused-ring (bicyclic) bond motifs is 1. The molecule has 3 aliphatic rings. The zero-order valence-electron chi connectivity index (χ0n) is 17.6. The molecule has 1 aromatic rings. The summed E-state index contributed by atoms with van der Waals surface area (Å²) in [5.74, 6) is 2.01. The number of para-hydroxylation sites is 1. The van der Waals surface area contributed by atoms with Crippen LogP contribution in [0.5, 0.6) is 5.75 Å². The molecule has 2 atom stereocenters. The number of benzene rings is 1. The highest BCUT2D eigenvalue weighted by Crippen LogP contribution is 2.28. The molecule has 6 heteroatoms. The van der Waals surface area contributed by atoms with Crippen LogP contribution in [-0.4, -0.2) is 68.6 Å². The second-order valence-corrected chi connectivity index (χ2v) is 8.25. The summed E-state index contributed by atoms with van der Waals surface area (Å²) >= 11 is 0. The van der Waals surface area contributed by atoms with Gasteiger partial charge in [-0.25, -0.2) is 4.99 Å². The van der Waals surface area contributed by atoms with E-state index in [1.54, 1.807) is 0 Å². The van der Waals surface area contributed by atoms with Gasteiger partial charge in [-0.3, -0.25) is 0 Å². The van der Waals surface area contributed by atoms with E-state index in [4.69, 9.17) is 19.2 Å². The SMILES string of the molecule is CCNC(=NCC1Cc2ccccc2O1)N1CCC(OCC2CCCCO2)CC1. The third-order valence-electron chi connectivity index (χ3n) is 6.03. The van der Waals surface area contributed by atoms with Crippen molar-refractivity contribution in [3.05, 3.63) is 29.8 Å². The minimum absolute atomic E-state index is 0.137. The summed E-state index contributed by atoms with van der Waals surface area (Å²) in [6.45, 7) is 7.29. The summed E-state index contributed by atoms with van der Waals surface area (Å²) in [5, 5.41) is 3.46. The van der Waals surface area contributed by atoms with Crippen LogP contribution in [0.2, 0.25) is 0 Å². The van der Waals surface area contributed by atoms with Crippen LogP contribution >= 0.6 is 0 Å². The molecule has 0 spiro atoms. The van der Waals surface area contributed by atoms with Gasteiger partial charge in [0.05, 0.1) is 25.4 Å². The predicted octanol–water partition coefficient (Wildman–Crippen LogP) is 3.01. The van der Waals surface area contributed by atoms with Crippen LogP contribution in [0, 0.1) is 0 Å². The van der Waals surface area contributed by atoms with Gasteiger partial charge in [0.2, 0.25) is 0 Å². The number of likely N-dealkylation sites (tertiary alicyclic amines) is 1.